The van der Waals surface area contributed by atoms with Crippen molar-refractivity contribution in [2.75, 3.05) is 7.05 Å². The van der Waals surface area contributed by atoms with Crippen molar-refractivity contribution in [3.05, 3.63) is 65.3 Å². The van der Waals surface area contributed by atoms with Crippen molar-refractivity contribution in [3.63, 3.8) is 0 Å². The van der Waals surface area contributed by atoms with E-state index in [9.17, 15) is 0 Å². The predicted molar refractivity (Wildman–Crippen MR) is 117 cm³/mol. The second-order valence-corrected chi connectivity index (χ2v) is 7.53. The van der Waals surface area contributed by atoms with Crippen LogP contribution in [0, 0.1) is 0 Å². The van der Waals surface area contributed by atoms with E-state index in [1.54, 1.807) is 36.5 Å². The van der Waals surface area contributed by atoms with Crippen LogP contribution in [0.3, 0.4) is 0 Å². The number of hydrogen-bond acceptors (Lipinski definition) is 6. The van der Waals surface area contributed by atoms with E-state index in [4.69, 9.17) is 9.97 Å². The Morgan fingerprint density at radius 1 is 1.17 bits per heavy atom. The molecule has 154 valence electrons. The molecule has 0 spiro atoms. The zero-order chi connectivity index (χ0) is 21.1. The van der Waals surface area contributed by atoms with Gasteiger partial charge < -0.3 is 0 Å². The van der Waals surface area contributed by atoms with Crippen LogP contribution in [0.1, 0.15) is 61.4 Å². The summed E-state index contributed by atoms with van der Waals surface area (Å²) in [6, 6.07) is 5.89. The highest BCUT2D eigenvalue weighted by atomic mass is 15.3. The normalized spacial score (nSPS) is 11.9. The minimum absolute atomic E-state index is 0.270. The molecule has 0 atom stereocenters. The standard InChI is InChI=1S/C22H26N8/c1-5-7-18-19(25-14-29-22(18)27-20(28-29)15(2)3)12-17-9-11-26-30(17)21-16(13-23-4)8-6-10-24-21/h6,8-11,13-15H,5,7,12H2,1-4H3. The molecule has 8 heteroatoms. The molecule has 0 amide bonds. The lowest BCUT2D eigenvalue weighted by Gasteiger charge is -2.11. The molecule has 4 aromatic heterocycles. The molecule has 0 aromatic carbocycles. The van der Waals surface area contributed by atoms with Crippen molar-refractivity contribution >= 4 is 11.9 Å². The van der Waals surface area contributed by atoms with Gasteiger partial charge >= 0.3 is 0 Å². The Hall–Kier alpha value is -3.42. The van der Waals surface area contributed by atoms with Gasteiger partial charge in [0.15, 0.2) is 17.3 Å². The maximum atomic E-state index is 4.80. The zero-order valence-electron chi connectivity index (χ0n) is 17.8. The van der Waals surface area contributed by atoms with E-state index in [1.165, 1.54) is 0 Å². The van der Waals surface area contributed by atoms with Crippen molar-refractivity contribution in [2.24, 2.45) is 4.99 Å². The fraction of sp³-hybridized carbons (Fsp3) is 0.364. The fourth-order valence-corrected chi connectivity index (χ4v) is 3.51. The van der Waals surface area contributed by atoms with Crippen molar-refractivity contribution in [1.29, 1.82) is 0 Å². The number of pyridine rings is 1. The van der Waals surface area contributed by atoms with Crippen LogP contribution in [0.2, 0.25) is 0 Å². The Bertz CT molecular complexity index is 1190. The lowest BCUT2D eigenvalue weighted by Crippen LogP contribution is -2.10. The van der Waals surface area contributed by atoms with Gasteiger partial charge in [0.1, 0.15) is 6.33 Å². The second-order valence-electron chi connectivity index (χ2n) is 7.53. The molecule has 0 aliphatic carbocycles. The van der Waals surface area contributed by atoms with Crippen LogP contribution in [0.5, 0.6) is 0 Å². The summed E-state index contributed by atoms with van der Waals surface area (Å²) in [5, 5.41) is 9.11. The minimum Gasteiger partial charge on any atom is -0.296 e. The van der Waals surface area contributed by atoms with E-state index in [-0.39, 0.29) is 5.92 Å². The monoisotopic (exact) mass is 402 g/mol. The van der Waals surface area contributed by atoms with E-state index in [0.29, 0.717) is 6.42 Å². The Balaban J connectivity index is 1.78. The largest absolute Gasteiger partial charge is 0.296 e. The van der Waals surface area contributed by atoms with Gasteiger partial charge in [-0.15, -0.1) is 5.10 Å². The number of aryl methyl sites for hydroxylation is 1. The van der Waals surface area contributed by atoms with Crippen LogP contribution in [0.25, 0.3) is 11.5 Å². The van der Waals surface area contributed by atoms with Crippen molar-refractivity contribution in [1.82, 2.24) is 34.3 Å². The molecule has 0 fully saturated rings. The van der Waals surface area contributed by atoms with Gasteiger partial charge in [0.2, 0.25) is 0 Å². The number of hydrogen-bond donors (Lipinski definition) is 0. The molecule has 8 nitrogen and oxygen atoms in total. The number of aromatic nitrogens is 7. The van der Waals surface area contributed by atoms with Crippen LogP contribution in [0.15, 0.2) is 41.9 Å². The summed E-state index contributed by atoms with van der Waals surface area (Å²) in [4.78, 5) is 18.2. The second kappa shape index (κ2) is 8.52. The summed E-state index contributed by atoms with van der Waals surface area (Å²) >= 11 is 0. The highest BCUT2D eigenvalue weighted by Gasteiger charge is 2.18. The van der Waals surface area contributed by atoms with Gasteiger partial charge in [0, 0.05) is 49.1 Å². The molecule has 0 aliphatic rings. The number of nitrogens with zero attached hydrogens (tertiary/aromatic N) is 8. The van der Waals surface area contributed by atoms with Gasteiger partial charge in [0.05, 0.1) is 11.4 Å². The molecule has 4 heterocycles. The molecule has 0 saturated heterocycles. The van der Waals surface area contributed by atoms with Crippen molar-refractivity contribution in [2.45, 2.75) is 46.0 Å². The first-order chi connectivity index (χ1) is 14.6. The number of aliphatic imine (C=N–C) groups is 1. The average molecular weight is 403 g/mol. The lowest BCUT2D eigenvalue weighted by molar-refractivity contribution is 0.754. The van der Waals surface area contributed by atoms with E-state index >= 15 is 0 Å². The first kappa shape index (κ1) is 19.9. The van der Waals surface area contributed by atoms with Gasteiger partial charge in [-0.2, -0.15) is 5.10 Å². The molecule has 30 heavy (non-hydrogen) atoms. The summed E-state index contributed by atoms with van der Waals surface area (Å²) < 4.78 is 3.66. The molecular weight excluding hydrogens is 376 g/mol. The maximum Gasteiger partial charge on any atom is 0.162 e. The third-order valence-corrected chi connectivity index (χ3v) is 4.96. The summed E-state index contributed by atoms with van der Waals surface area (Å²) in [5.41, 5.74) is 4.96. The average Bonchev–Trinajstić information content (AvgIpc) is 3.38. The van der Waals surface area contributed by atoms with Gasteiger partial charge in [-0.05, 0) is 24.6 Å². The Morgan fingerprint density at radius 3 is 2.80 bits per heavy atom. The molecule has 0 N–H and O–H groups in total. The predicted octanol–water partition coefficient (Wildman–Crippen LogP) is 3.42. The van der Waals surface area contributed by atoms with Crippen LogP contribution in [0.4, 0.5) is 0 Å². The summed E-state index contributed by atoms with van der Waals surface area (Å²) in [6.45, 7) is 6.37. The van der Waals surface area contributed by atoms with Crippen molar-refractivity contribution < 1.29 is 0 Å². The summed E-state index contributed by atoms with van der Waals surface area (Å²) in [7, 11) is 1.75. The van der Waals surface area contributed by atoms with Gasteiger partial charge in [-0.1, -0.05) is 27.2 Å². The van der Waals surface area contributed by atoms with E-state index in [2.05, 4.69) is 40.9 Å². The molecule has 0 unspecified atom stereocenters. The lowest BCUT2D eigenvalue weighted by atomic mass is 10.1. The zero-order valence-corrected chi connectivity index (χ0v) is 17.8. The van der Waals surface area contributed by atoms with Crippen molar-refractivity contribution in [3.8, 4) is 5.82 Å². The Morgan fingerprint density at radius 2 is 2.03 bits per heavy atom. The topological polar surface area (TPSA) is 86.2 Å². The quantitative estimate of drug-likeness (QED) is 0.442. The Labute approximate surface area is 175 Å². The fourth-order valence-electron chi connectivity index (χ4n) is 3.51. The molecule has 4 rings (SSSR count). The van der Waals surface area contributed by atoms with E-state index < -0.39 is 0 Å². The smallest absolute Gasteiger partial charge is 0.162 e. The molecule has 0 radical (unpaired) electrons. The SMILES string of the molecule is CCCc1c(Cc2ccnn2-c2ncccc2C=NC)ncn2nc(C(C)C)nc12. The summed E-state index contributed by atoms with van der Waals surface area (Å²) in [6.07, 6.45) is 9.66. The van der Waals surface area contributed by atoms with E-state index in [1.807, 2.05) is 22.9 Å². The van der Waals surface area contributed by atoms with Gasteiger partial charge in [0.25, 0.3) is 0 Å². The molecule has 4 aromatic rings. The first-order valence-corrected chi connectivity index (χ1v) is 10.3. The van der Waals surface area contributed by atoms with E-state index in [0.717, 1.165) is 52.6 Å². The van der Waals surface area contributed by atoms with Gasteiger partial charge in [-0.25, -0.2) is 24.1 Å². The molecule has 0 saturated carbocycles. The highest BCUT2D eigenvalue weighted by molar-refractivity contribution is 5.83. The summed E-state index contributed by atoms with van der Waals surface area (Å²) in [5.74, 6) is 1.87. The molecule has 0 bridgehead atoms. The number of rotatable bonds is 7. The minimum atomic E-state index is 0.270. The van der Waals surface area contributed by atoms with Gasteiger partial charge in [-0.3, -0.25) is 4.99 Å². The third kappa shape index (κ3) is 3.72. The third-order valence-electron chi connectivity index (χ3n) is 4.96. The Kier molecular flexibility index (Phi) is 5.65. The first-order valence-electron chi connectivity index (χ1n) is 10.3. The number of fused-ring (bicyclic) bond motifs is 1. The highest BCUT2D eigenvalue weighted by Crippen LogP contribution is 2.21. The van der Waals surface area contributed by atoms with Crippen LogP contribution >= 0.6 is 0 Å². The maximum absolute atomic E-state index is 4.80. The molecule has 0 aliphatic heterocycles. The van der Waals surface area contributed by atoms with Crippen LogP contribution in [-0.4, -0.2) is 47.6 Å². The van der Waals surface area contributed by atoms with Crippen LogP contribution in [-0.2, 0) is 12.8 Å². The van der Waals surface area contributed by atoms with Crippen LogP contribution < -0.4 is 0 Å². The molecular formula is C22H26N8.